The van der Waals surface area contributed by atoms with Crippen molar-refractivity contribution in [2.24, 2.45) is 23.7 Å². The Hall–Kier alpha value is -1.59. The predicted molar refractivity (Wildman–Crippen MR) is 78.9 cm³/mol. The van der Waals surface area contributed by atoms with E-state index in [4.69, 9.17) is 0 Å². The number of likely N-dealkylation sites (tertiary alicyclic amines) is 1. The lowest BCUT2D eigenvalue weighted by Crippen LogP contribution is -2.42. The summed E-state index contributed by atoms with van der Waals surface area (Å²) in [5.74, 6) is -1.16. The molecule has 0 unspecified atom stereocenters. The third kappa shape index (κ3) is 2.83. The van der Waals surface area contributed by atoms with E-state index in [0.717, 1.165) is 38.6 Å². The molecule has 1 saturated heterocycles. The molecule has 22 heavy (non-hydrogen) atoms. The Morgan fingerprint density at radius 2 is 1.95 bits per heavy atom. The normalized spacial score (nSPS) is 33.5. The molecule has 0 radical (unpaired) electrons. The lowest BCUT2D eigenvalue weighted by atomic mass is 9.78. The summed E-state index contributed by atoms with van der Waals surface area (Å²) < 4.78 is 0. The topological polar surface area (TPSA) is 86.7 Å². The average molecular weight is 308 g/mol. The minimum Gasteiger partial charge on any atom is -0.481 e. The van der Waals surface area contributed by atoms with Gasteiger partial charge in [-0.05, 0) is 43.9 Å². The van der Waals surface area contributed by atoms with E-state index in [1.165, 1.54) is 0 Å². The zero-order valence-electron chi connectivity index (χ0n) is 12.8. The van der Waals surface area contributed by atoms with Crippen molar-refractivity contribution in [2.75, 3.05) is 19.6 Å². The molecule has 0 spiro atoms. The van der Waals surface area contributed by atoms with E-state index in [1.807, 2.05) is 4.90 Å². The van der Waals surface area contributed by atoms with E-state index in [-0.39, 0.29) is 29.6 Å². The van der Waals surface area contributed by atoms with Crippen LogP contribution in [0.3, 0.4) is 0 Å². The fraction of sp³-hybridized carbons (Fsp3) is 0.812. The fourth-order valence-corrected chi connectivity index (χ4v) is 4.56. The quantitative estimate of drug-likeness (QED) is 0.713. The second kappa shape index (κ2) is 6.26. The molecule has 3 aliphatic rings. The molecule has 0 aromatic heterocycles. The standard InChI is InChI=1S/C16H24N2O4/c19-12-3-1-7-18(12)8-2-6-17-15(20)13-10-4-5-11(9-10)14(13)16(21)22/h10-11,13-14H,1-9H2,(H,17,20)(H,21,22)/t10-,11+,13-,14-/m0/s1. The lowest BCUT2D eigenvalue weighted by molar-refractivity contribution is -0.149. The number of aliphatic carboxylic acids is 1. The van der Waals surface area contributed by atoms with E-state index < -0.39 is 11.9 Å². The van der Waals surface area contributed by atoms with E-state index in [1.54, 1.807) is 0 Å². The van der Waals surface area contributed by atoms with Crippen molar-refractivity contribution < 1.29 is 19.5 Å². The van der Waals surface area contributed by atoms with Crippen LogP contribution in [0.5, 0.6) is 0 Å². The first-order valence-electron chi connectivity index (χ1n) is 8.36. The first-order valence-corrected chi connectivity index (χ1v) is 8.36. The SMILES string of the molecule is O=C(O)[C@H]1[C@@H]2CC[C@@H](C2)[C@@H]1C(=O)NCCCN1CCCC1=O. The Kier molecular flexibility index (Phi) is 4.36. The zero-order chi connectivity index (χ0) is 15.7. The average Bonchev–Trinajstić information content (AvgIpc) is 3.18. The molecule has 6 nitrogen and oxygen atoms in total. The number of nitrogens with zero attached hydrogens (tertiary/aromatic N) is 1. The Morgan fingerprint density at radius 1 is 1.23 bits per heavy atom. The van der Waals surface area contributed by atoms with Crippen LogP contribution in [0.25, 0.3) is 0 Å². The number of hydrogen-bond acceptors (Lipinski definition) is 3. The van der Waals surface area contributed by atoms with Crippen LogP contribution in [-0.2, 0) is 14.4 Å². The van der Waals surface area contributed by atoms with E-state index >= 15 is 0 Å². The molecule has 4 atom stereocenters. The minimum absolute atomic E-state index is 0.104. The van der Waals surface area contributed by atoms with Crippen molar-refractivity contribution in [2.45, 2.75) is 38.5 Å². The Bertz CT molecular complexity index is 479. The maximum absolute atomic E-state index is 12.4. The molecular formula is C16H24N2O4. The summed E-state index contributed by atoms with van der Waals surface area (Å²) in [5, 5.41) is 12.3. The third-order valence-electron chi connectivity index (χ3n) is 5.58. The first kappa shape index (κ1) is 15.3. The van der Waals surface area contributed by atoms with Crippen LogP contribution in [0.2, 0.25) is 0 Å². The van der Waals surface area contributed by atoms with Crippen molar-refractivity contribution in [3.05, 3.63) is 0 Å². The summed E-state index contributed by atoms with van der Waals surface area (Å²) in [6.07, 6.45) is 5.11. The number of carbonyl (C=O) groups is 3. The summed E-state index contributed by atoms with van der Waals surface area (Å²) in [5.41, 5.74) is 0. The van der Waals surface area contributed by atoms with Gasteiger partial charge in [-0.15, -0.1) is 0 Å². The van der Waals surface area contributed by atoms with Gasteiger partial charge >= 0.3 is 5.97 Å². The van der Waals surface area contributed by atoms with Gasteiger partial charge in [0, 0.05) is 26.1 Å². The molecule has 3 fully saturated rings. The number of carboxylic acid groups (broad SMARTS) is 1. The summed E-state index contributed by atoms with van der Waals surface area (Å²) >= 11 is 0. The molecule has 2 N–H and O–H groups in total. The maximum atomic E-state index is 12.4. The first-order chi connectivity index (χ1) is 10.6. The van der Waals surface area contributed by atoms with Crippen molar-refractivity contribution in [1.82, 2.24) is 10.2 Å². The lowest BCUT2D eigenvalue weighted by Gasteiger charge is -2.27. The Labute approximate surface area is 130 Å². The van der Waals surface area contributed by atoms with Crippen molar-refractivity contribution in [3.63, 3.8) is 0 Å². The third-order valence-corrected chi connectivity index (χ3v) is 5.58. The van der Waals surface area contributed by atoms with Gasteiger partial charge in [-0.3, -0.25) is 14.4 Å². The number of hydrogen-bond donors (Lipinski definition) is 2. The van der Waals surface area contributed by atoms with Gasteiger partial charge in [0.05, 0.1) is 11.8 Å². The largest absolute Gasteiger partial charge is 0.481 e. The fourth-order valence-electron chi connectivity index (χ4n) is 4.56. The number of carbonyl (C=O) groups excluding carboxylic acids is 2. The molecule has 0 aromatic rings. The van der Waals surface area contributed by atoms with Crippen molar-refractivity contribution in [3.8, 4) is 0 Å². The highest BCUT2D eigenvalue weighted by Crippen LogP contribution is 2.52. The zero-order valence-corrected chi connectivity index (χ0v) is 12.8. The van der Waals surface area contributed by atoms with Gasteiger partial charge in [0.2, 0.25) is 11.8 Å². The van der Waals surface area contributed by atoms with Gasteiger partial charge in [-0.2, -0.15) is 0 Å². The molecule has 2 amide bonds. The van der Waals surface area contributed by atoms with Crippen LogP contribution in [0, 0.1) is 23.7 Å². The number of amides is 2. The molecule has 6 heteroatoms. The number of nitrogens with one attached hydrogen (secondary N) is 1. The maximum Gasteiger partial charge on any atom is 0.307 e. The highest BCUT2D eigenvalue weighted by molar-refractivity contribution is 5.86. The molecule has 3 rings (SSSR count). The predicted octanol–water partition coefficient (Wildman–Crippen LogP) is 0.862. The minimum atomic E-state index is -0.824. The highest BCUT2D eigenvalue weighted by Gasteiger charge is 2.53. The smallest absolute Gasteiger partial charge is 0.307 e. The van der Waals surface area contributed by atoms with Gasteiger partial charge in [-0.1, -0.05) is 0 Å². The van der Waals surface area contributed by atoms with Gasteiger partial charge in [0.15, 0.2) is 0 Å². The van der Waals surface area contributed by atoms with Crippen LogP contribution in [0.15, 0.2) is 0 Å². The Morgan fingerprint density at radius 3 is 2.59 bits per heavy atom. The highest BCUT2D eigenvalue weighted by atomic mass is 16.4. The van der Waals surface area contributed by atoms with E-state index in [2.05, 4.69) is 5.32 Å². The molecular weight excluding hydrogens is 284 g/mol. The van der Waals surface area contributed by atoms with Crippen LogP contribution in [0.1, 0.15) is 38.5 Å². The second-order valence-corrected chi connectivity index (χ2v) is 6.85. The Balaban J connectivity index is 1.45. The van der Waals surface area contributed by atoms with E-state index in [0.29, 0.717) is 19.5 Å². The molecule has 1 heterocycles. The number of carboxylic acids is 1. The molecule has 2 saturated carbocycles. The monoisotopic (exact) mass is 308 g/mol. The van der Waals surface area contributed by atoms with Gasteiger partial charge < -0.3 is 15.3 Å². The van der Waals surface area contributed by atoms with Crippen LogP contribution in [0.4, 0.5) is 0 Å². The molecule has 1 aliphatic heterocycles. The summed E-state index contributed by atoms with van der Waals surface area (Å²) in [6, 6.07) is 0. The van der Waals surface area contributed by atoms with Crippen molar-refractivity contribution >= 4 is 17.8 Å². The van der Waals surface area contributed by atoms with Gasteiger partial charge in [0.25, 0.3) is 0 Å². The number of fused-ring (bicyclic) bond motifs is 2. The molecule has 2 bridgehead atoms. The van der Waals surface area contributed by atoms with Crippen LogP contribution in [-0.4, -0.2) is 47.4 Å². The summed E-state index contributed by atoms with van der Waals surface area (Å²) in [7, 11) is 0. The van der Waals surface area contributed by atoms with Crippen LogP contribution < -0.4 is 5.32 Å². The molecule has 0 aromatic carbocycles. The summed E-state index contributed by atoms with van der Waals surface area (Å²) in [6.45, 7) is 2.02. The van der Waals surface area contributed by atoms with Gasteiger partial charge in [0.1, 0.15) is 0 Å². The molecule has 122 valence electrons. The molecule has 2 aliphatic carbocycles. The number of rotatable bonds is 6. The van der Waals surface area contributed by atoms with Crippen LogP contribution >= 0.6 is 0 Å². The second-order valence-electron chi connectivity index (χ2n) is 6.85. The summed E-state index contributed by atoms with van der Waals surface area (Å²) in [4.78, 5) is 37.1. The van der Waals surface area contributed by atoms with Crippen molar-refractivity contribution in [1.29, 1.82) is 0 Å². The van der Waals surface area contributed by atoms with E-state index in [9.17, 15) is 19.5 Å². The van der Waals surface area contributed by atoms with Gasteiger partial charge in [-0.25, -0.2) is 0 Å².